The molecule has 138 valence electrons. The van der Waals surface area contributed by atoms with E-state index in [2.05, 4.69) is 16.7 Å². The van der Waals surface area contributed by atoms with Gasteiger partial charge >= 0.3 is 5.97 Å². The molecule has 1 unspecified atom stereocenters. The van der Waals surface area contributed by atoms with Gasteiger partial charge in [0.25, 0.3) is 0 Å². The summed E-state index contributed by atoms with van der Waals surface area (Å²) in [6.45, 7) is 1.93. The second-order valence-corrected chi connectivity index (χ2v) is 6.82. The number of fused-ring (bicyclic) bond motifs is 3. The van der Waals surface area contributed by atoms with E-state index in [9.17, 15) is 4.79 Å². The van der Waals surface area contributed by atoms with E-state index in [0.29, 0.717) is 5.69 Å². The second kappa shape index (κ2) is 6.23. The van der Waals surface area contributed by atoms with Crippen molar-refractivity contribution in [3.8, 4) is 0 Å². The zero-order valence-electron chi connectivity index (χ0n) is 15.5. The van der Waals surface area contributed by atoms with Gasteiger partial charge in [0.1, 0.15) is 17.1 Å². The van der Waals surface area contributed by atoms with Gasteiger partial charge in [-0.1, -0.05) is 48.5 Å². The van der Waals surface area contributed by atoms with Crippen LogP contribution in [0.5, 0.6) is 0 Å². The van der Waals surface area contributed by atoms with Crippen molar-refractivity contribution in [2.75, 3.05) is 7.11 Å². The highest BCUT2D eigenvalue weighted by atomic mass is 16.5. The number of nitrogens with zero attached hydrogens (tertiary/aromatic N) is 2. The Kier molecular flexibility index (Phi) is 3.69. The summed E-state index contributed by atoms with van der Waals surface area (Å²) in [6.07, 6.45) is 1.56. The summed E-state index contributed by atoms with van der Waals surface area (Å²) in [5.74, 6) is 0.310. The topological polar surface area (TPSA) is 53.4 Å². The van der Waals surface area contributed by atoms with E-state index in [1.54, 1.807) is 6.07 Å². The highest BCUT2D eigenvalue weighted by Crippen LogP contribution is 2.40. The molecule has 1 aliphatic rings. The van der Waals surface area contributed by atoms with Crippen LogP contribution in [0.3, 0.4) is 0 Å². The van der Waals surface area contributed by atoms with Crippen molar-refractivity contribution in [1.82, 2.24) is 9.55 Å². The quantitative estimate of drug-likeness (QED) is 0.470. The molecule has 5 heteroatoms. The molecule has 3 heterocycles. The smallest absolute Gasteiger partial charge is 0.356 e. The van der Waals surface area contributed by atoms with Crippen LogP contribution in [0.4, 0.5) is 0 Å². The average Bonchev–Trinajstić information content (AvgIpc) is 2.96. The molecule has 0 aliphatic carbocycles. The van der Waals surface area contributed by atoms with Gasteiger partial charge in [-0.3, -0.25) is 0 Å². The van der Waals surface area contributed by atoms with Gasteiger partial charge < -0.3 is 14.0 Å². The van der Waals surface area contributed by atoms with Crippen LogP contribution in [-0.4, -0.2) is 22.6 Å². The number of para-hydroxylation sites is 1. The third-order valence-corrected chi connectivity index (χ3v) is 5.07. The SMILES string of the molecule is COC(=O)c1cc2c3ccccc3n3c2c(n1)C(c1ccccc1)OC(C)=C3. The zero-order chi connectivity index (χ0) is 19.3. The molecule has 0 N–H and O–H groups in total. The zero-order valence-corrected chi connectivity index (χ0v) is 15.5. The van der Waals surface area contributed by atoms with Crippen LogP contribution >= 0.6 is 0 Å². The first-order chi connectivity index (χ1) is 13.7. The van der Waals surface area contributed by atoms with Crippen LogP contribution in [-0.2, 0) is 9.47 Å². The predicted molar refractivity (Wildman–Crippen MR) is 108 cm³/mol. The number of hydrogen-bond donors (Lipinski definition) is 0. The lowest BCUT2D eigenvalue weighted by molar-refractivity contribution is 0.0593. The maximum atomic E-state index is 12.3. The Labute approximate surface area is 161 Å². The molecule has 0 fully saturated rings. The van der Waals surface area contributed by atoms with Crippen LogP contribution in [0.2, 0.25) is 0 Å². The molecular formula is C23H18N2O3. The normalized spacial score (nSPS) is 15.8. The molecule has 0 bridgehead atoms. The van der Waals surface area contributed by atoms with Crippen molar-refractivity contribution >= 4 is 34.0 Å². The van der Waals surface area contributed by atoms with Gasteiger partial charge in [0.2, 0.25) is 0 Å². The van der Waals surface area contributed by atoms with Gasteiger partial charge in [-0.25, -0.2) is 9.78 Å². The second-order valence-electron chi connectivity index (χ2n) is 6.82. The molecule has 0 radical (unpaired) electrons. The standard InChI is InChI=1S/C23H18N2O3/c1-14-13-25-19-11-7-6-10-16(19)17-12-18(23(26)27-2)24-20(21(17)25)22(28-14)15-8-4-3-5-9-15/h3-13,22H,1-2H3. The largest absolute Gasteiger partial charge is 0.482 e. The number of benzene rings is 2. The number of esters is 1. The molecule has 5 rings (SSSR count). The molecule has 0 spiro atoms. The van der Waals surface area contributed by atoms with Crippen LogP contribution in [0.15, 0.2) is 66.4 Å². The minimum absolute atomic E-state index is 0.275. The summed E-state index contributed by atoms with van der Waals surface area (Å²) in [5.41, 5.74) is 3.94. The lowest BCUT2D eigenvalue weighted by Crippen LogP contribution is -2.12. The molecule has 5 nitrogen and oxygen atoms in total. The Hall–Kier alpha value is -3.60. The lowest BCUT2D eigenvalue weighted by atomic mass is 10.0. The third-order valence-electron chi connectivity index (χ3n) is 5.07. The monoisotopic (exact) mass is 370 g/mol. The van der Waals surface area contributed by atoms with Crippen molar-refractivity contribution in [2.24, 2.45) is 0 Å². The van der Waals surface area contributed by atoms with E-state index in [0.717, 1.165) is 33.1 Å². The van der Waals surface area contributed by atoms with E-state index in [4.69, 9.17) is 14.5 Å². The highest BCUT2D eigenvalue weighted by Gasteiger charge is 2.28. The lowest BCUT2D eigenvalue weighted by Gasteiger charge is -2.19. The van der Waals surface area contributed by atoms with E-state index >= 15 is 0 Å². The molecule has 2 aromatic carbocycles. The van der Waals surface area contributed by atoms with Crippen molar-refractivity contribution in [2.45, 2.75) is 13.0 Å². The minimum atomic E-state index is -0.462. The van der Waals surface area contributed by atoms with Crippen molar-refractivity contribution in [3.05, 3.63) is 83.4 Å². The number of carbonyl (C=O) groups is 1. The number of methoxy groups -OCH3 is 1. The minimum Gasteiger partial charge on any atom is -0.482 e. The summed E-state index contributed by atoms with van der Waals surface area (Å²) < 4.78 is 13.3. The number of aromatic nitrogens is 2. The van der Waals surface area contributed by atoms with Crippen molar-refractivity contribution in [3.63, 3.8) is 0 Å². The Morgan fingerprint density at radius 3 is 2.61 bits per heavy atom. The molecule has 0 amide bonds. The summed E-state index contributed by atoms with van der Waals surface area (Å²) in [7, 11) is 1.37. The molecule has 1 aliphatic heterocycles. The molecule has 0 saturated carbocycles. The summed E-state index contributed by atoms with van der Waals surface area (Å²) in [6, 6.07) is 19.8. The van der Waals surface area contributed by atoms with Gasteiger partial charge in [0.05, 0.1) is 18.1 Å². The molecular weight excluding hydrogens is 352 g/mol. The predicted octanol–water partition coefficient (Wildman–Crippen LogP) is 4.91. The fourth-order valence-electron chi connectivity index (χ4n) is 3.88. The fraction of sp³-hybridized carbons (Fsp3) is 0.130. The van der Waals surface area contributed by atoms with Gasteiger partial charge in [-0.15, -0.1) is 0 Å². The van der Waals surface area contributed by atoms with E-state index < -0.39 is 12.1 Å². The average molecular weight is 370 g/mol. The molecule has 0 saturated heterocycles. The summed E-state index contributed by atoms with van der Waals surface area (Å²) >= 11 is 0. The maximum absolute atomic E-state index is 12.3. The van der Waals surface area contributed by atoms with E-state index in [1.807, 2.05) is 55.6 Å². The first-order valence-electron chi connectivity index (χ1n) is 9.09. The van der Waals surface area contributed by atoms with Crippen LogP contribution in [0, 0.1) is 0 Å². The Morgan fingerprint density at radius 1 is 1.07 bits per heavy atom. The van der Waals surface area contributed by atoms with Gasteiger partial charge in [0.15, 0.2) is 6.10 Å². The van der Waals surface area contributed by atoms with Crippen molar-refractivity contribution < 1.29 is 14.3 Å². The first-order valence-corrected chi connectivity index (χ1v) is 9.09. The van der Waals surface area contributed by atoms with Crippen LogP contribution in [0.1, 0.15) is 34.8 Å². The Balaban J connectivity index is 1.93. The Bertz CT molecular complexity index is 1260. The molecule has 4 aromatic rings. The number of hydrogen-bond acceptors (Lipinski definition) is 4. The highest BCUT2D eigenvalue weighted by molar-refractivity contribution is 6.11. The van der Waals surface area contributed by atoms with E-state index in [-0.39, 0.29) is 5.69 Å². The van der Waals surface area contributed by atoms with Gasteiger partial charge in [-0.2, -0.15) is 0 Å². The van der Waals surface area contributed by atoms with Gasteiger partial charge in [0, 0.05) is 17.0 Å². The molecule has 28 heavy (non-hydrogen) atoms. The number of pyridine rings is 1. The van der Waals surface area contributed by atoms with E-state index in [1.165, 1.54) is 7.11 Å². The number of rotatable bonds is 2. The van der Waals surface area contributed by atoms with Gasteiger partial charge in [-0.05, 0) is 24.6 Å². The number of ether oxygens (including phenoxy) is 2. The van der Waals surface area contributed by atoms with Crippen LogP contribution in [0.25, 0.3) is 28.0 Å². The maximum Gasteiger partial charge on any atom is 0.356 e. The summed E-state index contributed by atoms with van der Waals surface area (Å²) in [4.78, 5) is 17.0. The summed E-state index contributed by atoms with van der Waals surface area (Å²) in [5, 5.41) is 2.01. The fourth-order valence-corrected chi connectivity index (χ4v) is 3.88. The molecule has 2 aromatic heterocycles. The van der Waals surface area contributed by atoms with Crippen LogP contribution < -0.4 is 0 Å². The number of carbonyl (C=O) groups excluding carboxylic acids is 1. The third kappa shape index (κ3) is 2.40. The number of allylic oxidation sites excluding steroid dienone is 1. The van der Waals surface area contributed by atoms with Crippen molar-refractivity contribution in [1.29, 1.82) is 0 Å². The molecule has 1 atom stereocenters. The Morgan fingerprint density at radius 2 is 1.82 bits per heavy atom. The first kappa shape index (κ1) is 16.6.